The molecule has 0 saturated carbocycles. The van der Waals surface area contributed by atoms with E-state index >= 15 is 0 Å². The maximum Gasteiger partial charge on any atom is 0.145 e. The van der Waals surface area contributed by atoms with E-state index in [-0.39, 0.29) is 6.04 Å². The highest BCUT2D eigenvalue weighted by molar-refractivity contribution is 6.34. The topological polar surface area (TPSA) is 39.9 Å². The molecule has 3 rings (SSSR count). The molecule has 4 nitrogen and oxygen atoms in total. The van der Waals surface area contributed by atoms with Gasteiger partial charge in [0, 0.05) is 6.04 Å². The predicted octanol–water partition coefficient (Wildman–Crippen LogP) is 4.34. The predicted molar refractivity (Wildman–Crippen MR) is 84.9 cm³/mol. The SMILES string of the molecule is COc1ccc(-c2cc3c(Cl)ncnc3n2C(C)C)cc1. The van der Waals surface area contributed by atoms with Gasteiger partial charge in [-0.3, -0.25) is 0 Å². The van der Waals surface area contributed by atoms with Gasteiger partial charge in [-0.2, -0.15) is 0 Å². The summed E-state index contributed by atoms with van der Waals surface area (Å²) in [5, 5.41) is 1.35. The van der Waals surface area contributed by atoms with Crippen LogP contribution in [0.5, 0.6) is 5.75 Å². The molecular formula is C16H16ClN3O. The monoisotopic (exact) mass is 301 g/mol. The Bertz CT molecular complexity index is 778. The van der Waals surface area contributed by atoms with E-state index in [1.807, 2.05) is 30.3 Å². The highest BCUT2D eigenvalue weighted by Crippen LogP contribution is 2.33. The zero-order valence-electron chi connectivity index (χ0n) is 12.2. The van der Waals surface area contributed by atoms with E-state index in [0.29, 0.717) is 5.15 Å². The van der Waals surface area contributed by atoms with Gasteiger partial charge >= 0.3 is 0 Å². The van der Waals surface area contributed by atoms with Gasteiger partial charge in [-0.25, -0.2) is 9.97 Å². The van der Waals surface area contributed by atoms with Crippen molar-refractivity contribution in [3.63, 3.8) is 0 Å². The minimum absolute atomic E-state index is 0.269. The second-order valence-corrected chi connectivity index (χ2v) is 5.48. The van der Waals surface area contributed by atoms with E-state index in [1.165, 1.54) is 6.33 Å². The van der Waals surface area contributed by atoms with Gasteiger partial charge in [-0.05, 0) is 49.7 Å². The van der Waals surface area contributed by atoms with Crippen molar-refractivity contribution in [1.82, 2.24) is 14.5 Å². The molecule has 21 heavy (non-hydrogen) atoms. The first kappa shape index (κ1) is 13.9. The first-order valence-electron chi connectivity index (χ1n) is 6.77. The quantitative estimate of drug-likeness (QED) is 0.676. The van der Waals surface area contributed by atoms with E-state index in [2.05, 4.69) is 28.4 Å². The van der Waals surface area contributed by atoms with Gasteiger partial charge in [-0.15, -0.1) is 0 Å². The molecule has 0 unspecified atom stereocenters. The Balaban J connectivity index is 2.25. The lowest BCUT2D eigenvalue weighted by Crippen LogP contribution is -2.03. The van der Waals surface area contributed by atoms with Crippen LogP contribution in [-0.2, 0) is 0 Å². The number of hydrogen-bond donors (Lipinski definition) is 0. The minimum Gasteiger partial charge on any atom is -0.497 e. The van der Waals surface area contributed by atoms with Crippen LogP contribution in [0.1, 0.15) is 19.9 Å². The van der Waals surface area contributed by atoms with Crippen LogP contribution >= 0.6 is 11.6 Å². The molecule has 0 atom stereocenters. The molecule has 0 aliphatic rings. The summed E-state index contributed by atoms with van der Waals surface area (Å²) in [6.07, 6.45) is 1.50. The van der Waals surface area contributed by atoms with Crippen LogP contribution in [0.15, 0.2) is 36.7 Å². The molecule has 0 fully saturated rings. The van der Waals surface area contributed by atoms with E-state index in [1.54, 1.807) is 7.11 Å². The summed E-state index contributed by atoms with van der Waals surface area (Å²) in [4.78, 5) is 8.45. The minimum atomic E-state index is 0.269. The molecule has 0 spiro atoms. The fourth-order valence-corrected chi connectivity index (χ4v) is 2.69. The van der Waals surface area contributed by atoms with Crippen molar-refractivity contribution in [3.8, 4) is 17.0 Å². The van der Waals surface area contributed by atoms with Crippen LogP contribution in [0.25, 0.3) is 22.3 Å². The standard InChI is InChI=1S/C16H16ClN3O/c1-10(2)20-14(11-4-6-12(21-3)7-5-11)8-13-15(17)18-9-19-16(13)20/h4-10H,1-3H3. The molecule has 3 aromatic rings. The first-order chi connectivity index (χ1) is 10.1. The number of halogens is 1. The number of aromatic nitrogens is 3. The fraction of sp³-hybridized carbons (Fsp3) is 0.250. The summed E-state index contributed by atoms with van der Waals surface area (Å²) in [6.45, 7) is 4.25. The second-order valence-electron chi connectivity index (χ2n) is 5.12. The zero-order valence-corrected chi connectivity index (χ0v) is 12.9. The lowest BCUT2D eigenvalue weighted by atomic mass is 10.1. The summed E-state index contributed by atoms with van der Waals surface area (Å²) in [5.41, 5.74) is 3.03. The number of ether oxygens (including phenoxy) is 1. The Hall–Kier alpha value is -2.07. The van der Waals surface area contributed by atoms with Crippen LogP contribution in [0.3, 0.4) is 0 Å². The number of nitrogens with zero attached hydrogens (tertiary/aromatic N) is 3. The lowest BCUT2D eigenvalue weighted by molar-refractivity contribution is 0.415. The van der Waals surface area contributed by atoms with Crippen molar-refractivity contribution in [3.05, 3.63) is 41.8 Å². The molecule has 0 aliphatic heterocycles. The Morgan fingerprint density at radius 1 is 1.14 bits per heavy atom. The molecule has 2 aromatic heterocycles. The van der Waals surface area contributed by atoms with Gasteiger partial charge in [0.05, 0.1) is 18.2 Å². The van der Waals surface area contributed by atoms with Gasteiger partial charge in [-0.1, -0.05) is 11.6 Å². The maximum absolute atomic E-state index is 6.20. The van der Waals surface area contributed by atoms with E-state index in [4.69, 9.17) is 16.3 Å². The van der Waals surface area contributed by atoms with Gasteiger partial charge < -0.3 is 9.30 Å². The van der Waals surface area contributed by atoms with Crippen LogP contribution in [0.4, 0.5) is 0 Å². The number of methoxy groups -OCH3 is 1. The third-order valence-electron chi connectivity index (χ3n) is 3.49. The molecule has 0 saturated heterocycles. The summed E-state index contributed by atoms with van der Waals surface area (Å²) >= 11 is 6.20. The zero-order chi connectivity index (χ0) is 15.0. The van der Waals surface area contributed by atoms with Crippen molar-refractivity contribution >= 4 is 22.6 Å². The second kappa shape index (κ2) is 5.37. The molecule has 1 aromatic carbocycles. The molecule has 0 N–H and O–H groups in total. The lowest BCUT2D eigenvalue weighted by Gasteiger charge is -2.14. The van der Waals surface area contributed by atoms with Crippen LogP contribution in [-0.4, -0.2) is 21.6 Å². The van der Waals surface area contributed by atoms with Gasteiger partial charge in [0.1, 0.15) is 22.9 Å². The summed E-state index contributed by atoms with van der Waals surface area (Å²) in [7, 11) is 1.66. The van der Waals surface area contributed by atoms with Gasteiger partial charge in [0.25, 0.3) is 0 Å². The average Bonchev–Trinajstić information content (AvgIpc) is 2.88. The largest absolute Gasteiger partial charge is 0.497 e. The molecule has 0 bridgehead atoms. The van der Waals surface area contributed by atoms with Gasteiger partial charge in [0.2, 0.25) is 0 Å². The van der Waals surface area contributed by atoms with Crippen molar-refractivity contribution < 1.29 is 4.74 Å². The summed E-state index contributed by atoms with van der Waals surface area (Å²) in [6, 6.07) is 10.3. The Morgan fingerprint density at radius 3 is 2.48 bits per heavy atom. The number of benzene rings is 1. The highest BCUT2D eigenvalue weighted by atomic mass is 35.5. The third-order valence-corrected chi connectivity index (χ3v) is 3.79. The number of fused-ring (bicyclic) bond motifs is 1. The average molecular weight is 302 g/mol. The first-order valence-corrected chi connectivity index (χ1v) is 7.15. The van der Waals surface area contributed by atoms with Crippen molar-refractivity contribution in [1.29, 1.82) is 0 Å². The highest BCUT2D eigenvalue weighted by Gasteiger charge is 2.16. The molecule has 5 heteroatoms. The fourth-order valence-electron chi connectivity index (χ4n) is 2.51. The Morgan fingerprint density at radius 2 is 1.86 bits per heavy atom. The van der Waals surface area contributed by atoms with Crippen molar-refractivity contribution in [2.45, 2.75) is 19.9 Å². The molecule has 0 radical (unpaired) electrons. The maximum atomic E-state index is 6.20. The summed E-state index contributed by atoms with van der Waals surface area (Å²) < 4.78 is 7.38. The van der Waals surface area contributed by atoms with Gasteiger partial charge in [0.15, 0.2) is 0 Å². The van der Waals surface area contributed by atoms with Crippen molar-refractivity contribution in [2.24, 2.45) is 0 Å². The molecule has 2 heterocycles. The van der Waals surface area contributed by atoms with Crippen LogP contribution in [0.2, 0.25) is 5.15 Å². The van der Waals surface area contributed by atoms with Crippen LogP contribution in [0, 0.1) is 0 Å². The Labute approximate surface area is 128 Å². The normalized spacial score (nSPS) is 11.3. The van der Waals surface area contributed by atoms with E-state index in [9.17, 15) is 0 Å². The van der Waals surface area contributed by atoms with Crippen molar-refractivity contribution in [2.75, 3.05) is 7.11 Å². The number of hydrogen-bond acceptors (Lipinski definition) is 3. The van der Waals surface area contributed by atoms with Crippen LogP contribution < -0.4 is 4.74 Å². The number of rotatable bonds is 3. The molecular weight excluding hydrogens is 286 g/mol. The Kier molecular flexibility index (Phi) is 3.55. The molecule has 0 amide bonds. The smallest absolute Gasteiger partial charge is 0.145 e. The van der Waals surface area contributed by atoms with E-state index < -0.39 is 0 Å². The third kappa shape index (κ3) is 2.36. The van der Waals surface area contributed by atoms with E-state index in [0.717, 1.165) is 28.0 Å². The molecule has 108 valence electrons. The molecule has 0 aliphatic carbocycles. The summed E-state index contributed by atoms with van der Waals surface area (Å²) in [5.74, 6) is 0.837.